The van der Waals surface area contributed by atoms with Crippen molar-refractivity contribution in [1.29, 1.82) is 0 Å². The molecule has 2 heterocycles. The van der Waals surface area contributed by atoms with Crippen molar-refractivity contribution in [2.45, 2.75) is 65.5 Å². The maximum absolute atomic E-state index is 13.0. The van der Waals surface area contributed by atoms with E-state index in [1.807, 2.05) is 27.0 Å². The van der Waals surface area contributed by atoms with E-state index in [4.69, 9.17) is 12.2 Å². The van der Waals surface area contributed by atoms with Crippen molar-refractivity contribution in [3.63, 3.8) is 0 Å². The number of amides is 1. The number of nitrogens with zero attached hydrogens (tertiary/aromatic N) is 3. The summed E-state index contributed by atoms with van der Waals surface area (Å²) in [6, 6.07) is 4.22. The van der Waals surface area contributed by atoms with Crippen LogP contribution >= 0.6 is 23.6 Å². The van der Waals surface area contributed by atoms with Crippen molar-refractivity contribution in [3.05, 3.63) is 22.3 Å². The Morgan fingerprint density at radius 1 is 1.40 bits per heavy atom. The average molecular weight is 381 g/mol. The van der Waals surface area contributed by atoms with Crippen molar-refractivity contribution >= 4 is 29.5 Å². The quantitative estimate of drug-likeness (QED) is 0.472. The normalized spacial score (nSPS) is 12.3. The Bertz CT molecular complexity index is 705. The maximum Gasteiger partial charge on any atom is 0.242 e. The van der Waals surface area contributed by atoms with Gasteiger partial charge in [0.15, 0.2) is 10.6 Å². The molecule has 0 radical (unpaired) electrons. The summed E-state index contributed by atoms with van der Waals surface area (Å²) in [5.41, 5.74) is 0. The van der Waals surface area contributed by atoms with Crippen LogP contribution in [0.3, 0.4) is 0 Å². The van der Waals surface area contributed by atoms with Gasteiger partial charge in [-0.1, -0.05) is 39.2 Å². The molecular weight excluding hydrogens is 352 g/mol. The molecule has 2 aromatic heterocycles. The van der Waals surface area contributed by atoms with E-state index in [2.05, 4.69) is 31.0 Å². The second-order valence-corrected chi connectivity index (χ2v) is 7.68. The molecule has 1 N–H and O–H groups in total. The molecule has 25 heavy (non-hydrogen) atoms. The van der Waals surface area contributed by atoms with E-state index in [-0.39, 0.29) is 18.5 Å². The maximum atomic E-state index is 13.0. The van der Waals surface area contributed by atoms with Crippen LogP contribution in [0.4, 0.5) is 0 Å². The van der Waals surface area contributed by atoms with Crippen molar-refractivity contribution < 1.29 is 4.79 Å². The SMILES string of the molecule is CCCCCN(C(=O)Cn1c(-c2cccs2)n[nH]c1=S)[C@@H](C)CCC. The fraction of sp³-hybridized carbons (Fsp3) is 0.611. The number of thiophene rings is 1. The van der Waals surface area contributed by atoms with Crippen LogP contribution in [-0.4, -0.2) is 38.2 Å². The zero-order valence-electron chi connectivity index (χ0n) is 15.3. The van der Waals surface area contributed by atoms with Gasteiger partial charge in [-0.05, 0) is 43.4 Å². The van der Waals surface area contributed by atoms with E-state index in [1.165, 1.54) is 0 Å². The molecule has 0 aliphatic rings. The number of hydrogen-bond acceptors (Lipinski definition) is 4. The lowest BCUT2D eigenvalue weighted by molar-refractivity contribution is -0.134. The third kappa shape index (κ3) is 5.25. The minimum absolute atomic E-state index is 0.118. The fourth-order valence-electron chi connectivity index (χ4n) is 2.98. The molecule has 1 amide bonds. The van der Waals surface area contributed by atoms with Crippen LogP contribution in [0.2, 0.25) is 0 Å². The summed E-state index contributed by atoms with van der Waals surface area (Å²) < 4.78 is 2.31. The van der Waals surface area contributed by atoms with Gasteiger partial charge in [-0.15, -0.1) is 11.3 Å². The highest BCUT2D eigenvalue weighted by Gasteiger charge is 2.21. The molecule has 0 spiro atoms. The average Bonchev–Trinajstić information content (AvgIpc) is 3.22. The first-order chi connectivity index (χ1) is 12.1. The van der Waals surface area contributed by atoms with Gasteiger partial charge in [-0.3, -0.25) is 14.5 Å². The third-order valence-electron chi connectivity index (χ3n) is 4.35. The number of H-pyrrole nitrogens is 1. The number of aromatic nitrogens is 3. The molecule has 7 heteroatoms. The van der Waals surface area contributed by atoms with Gasteiger partial charge in [0, 0.05) is 12.6 Å². The Morgan fingerprint density at radius 3 is 2.84 bits per heavy atom. The minimum Gasteiger partial charge on any atom is -0.338 e. The highest BCUT2D eigenvalue weighted by molar-refractivity contribution is 7.71. The van der Waals surface area contributed by atoms with Crippen LogP contribution in [0.15, 0.2) is 17.5 Å². The number of unbranched alkanes of at least 4 members (excludes halogenated alkanes) is 2. The van der Waals surface area contributed by atoms with E-state index in [0.29, 0.717) is 4.77 Å². The number of hydrogen-bond donors (Lipinski definition) is 1. The molecule has 0 aromatic carbocycles. The van der Waals surface area contributed by atoms with Crippen LogP contribution in [0.5, 0.6) is 0 Å². The first-order valence-electron chi connectivity index (χ1n) is 9.07. The second-order valence-electron chi connectivity index (χ2n) is 6.35. The van der Waals surface area contributed by atoms with Gasteiger partial charge < -0.3 is 4.90 Å². The van der Waals surface area contributed by atoms with Gasteiger partial charge in [0.25, 0.3) is 0 Å². The van der Waals surface area contributed by atoms with Crippen molar-refractivity contribution in [2.24, 2.45) is 0 Å². The third-order valence-corrected chi connectivity index (χ3v) is 5.53. The first-order valence-corrected chi connectivity index (χ1v) is 10.4. The monoisotopic (exact) mass is 380 g/mol. The zero-order chi connectivity index (χ0) is 18.2. The van der Waals surface area contributed by atoms with Crippen LogP contribution in [-0.2, 0) is 11.3 Å². The number of nitrogens with one attached hydrogen (secondary N) is 1. The van der Waals surface area contributed by atoms with E-state index in [0.717, 1.165) is 49.4 Å². The second kappa shape index (κ2) is 9.87. The molecule has 0 saturated carbocycles. The Morgan fingerprint density at radius 2 is 2.20 bits per heavy atom. The van der Waals surface area contributed by atoms with Gasteiger partial charge in [0.2, 0.25) is 5.91 Å². The minimum atomic E-state index is 0.118. The molecule has 138 valence electrons. The summed E-state index contributed by atoms with van der Waals surface area (Å²) in [6.45, 7) is 7.53. The molecule has 2 aromatic rings. The van der Waals surface area contributed by atoms with Crippen LogP contribution in [0, 0.1) is 4.77 Å². The summed E-state index contributed by atoms with van der Waals surface area (Å²) in [4.78, 5) is 16.0. The molecule has 0 fully saturated rings. The van der Waals surface area contributed by atoms with Crippen molar-refractivity contribution in [2.75, 3.05) is 6.54 Å². The Hall–Kier alpha value is -1.47. The van der Waals surface area contributed by atoms with E-state index in [1.54, 1.807) is 11.3 Å². The molecule has 0 unspecified atom stereocenters. The molecular formula is C18H28N4OS2. The van der Waals surface area contributed by atoms with Gasteiger partial charge >= 0.3 is 0 Å². The topological polar surface area (TPSA) is 53.9 Å². The van der Waals surface area contributed by atoms with Gasteiger partial charge in [-0.2, -0.15) is 5.10 Å². The summed E-state index contributed by atoms with van der Waals surface area (Å²) in [7, 11) is 0. The summed E-state index contributed by atoms with van der Waals surface area (Å²) >= 11 is 6.95. The lowest BCUT2D eigenvalue weighted by Crippen LogP contribution is -2.41. The molecule has 5 nitrogen and oxygen atoms in total. The van der Waals surface area contributed by atoms with E-state index < -0.39 is 0 Å². The predicted molar refractivity (Wildman–Crippen MR) is 106 cm³/mol. The van der Waals surface area contributed by atoms with Gasteiger partial charge in [0.1, 0.15) is 6.54 Å². The fourth-order valence-corrected chi connectivity index (χ4v) is 3.90. The number of carbonyl (C=O) groups is 1. The summed E-state index contributed by atoms with van der Waals surface area (Å²) in [6.07, 6.45) is 5.44. The Labute approximate surface area is 159 Å². The Balaban J connectivity index is 2.17. The van der Waals surface area contributed by atoms with Gasteiger partial charge in [0.05, 0.1) is 4.88 Å². The summed E-state index contributed by atoms with van der Waals surface area (Å²) in [5.74, 6) is 0.859. The molecule has 0 aliphatic carbocycles. The molecule has 2 rings (SSSR count). The largest absolute Gasteiger partial charge is 0.338 e. The van der Waals surface area contributed by atoms with E-state index in [9.17, 15) is 4.79 Å². The van der Waals surface area contributed by atoms with Gasteiger partial charge in [-0.25, -0.2) is 0 Å². The smallest absolute Gasteiger partial charge is 0.242 e. The molecule has 1 atom stereocenters. The summed E-state index contributed by atoms with van der Waals surface area (Å²) in [5, 5.41) is 9.14. The number of aromatic amines is 1. The molecule has 0 bridgehead atoms. The van der Waals surface area contributed by atoms with Crippen molar-refractivity contribution in [3.8, 4) is 10.7 Å². The predicted octanol–water partition coefficient (Wildman–Crippen LogP) is 4.88. The van der Waals surface area contributed by atoms with Crippen LogP contribution in [0.1, 0.15) is 52.9 Å². The molecule has 0 aliphatic heterocycles. The Kier molecular flexibility index (Phi) is 7.84. The van der Waals surface area contributed by atoms with Crippen molar-refractivity contribution in [1.82, 2.24) is 19.7 Å². The number of carbonyl (C=O) groups excluding carboxylic acids is 1. The van der Waals surface area contributed by atoms with Crippen LogP contribution in [0.25, 0.3) is 10.7 Å². The lowest BCUT2D eigenvalue weighted by Gasteiger charge is -2.29. The lowest BCUT2D eigenvalue weighted by atomic mass is 10.1. The zero-order valence-corrected chi connectivity index (χ0v) is 17.0. The van der Waals surface area contributed by atoms with E-state index >= 15 is 0 Å². The molecule has 0 saturated heterocycles. The first kappa shape index (κ1) is 19.8. The number of rotatable bonds is 10. The highest BCUT2D eigenvalue weighted by atomic mass is 32.1. The van der Waals surface area contributed by atoms with Crippen LogP contribution < -0.4 is 0 Å². The standard InChI is InChI=1S/C18H28N4OS2/c1-4-6-7-11-21(14(3)9-5-2)16(23)13-22-17(19-20-18(22)24)15-10-8-12-25-15/h8,10,12,14H,4-7,9,11,13H2,1-3H3,(H,20,24)/t14-/m0/s1. The highest BCUT2D eigenvalue weighted by Crippen LogP contribution is 2.23.